The maximum absolute atomic E-state index is 10.0. The van der Waals surface area contributed by atoms with Crippen molar-refractivity contribution < 1.29 is 36.6 Å². The van der Waals surface area contributed by atoms with Gasteiger partial charge in [0, 0.05) is 29.5 Å². The molecule has 0 aromatic heterocycles. The molecule has 0 heterocycles. The van der Waals surface area contributed by atoms with E-state index in [9.17, 15) is 9.90 Å². The Morgan fingerprint density at radius 2 is 1.92 bits per heavy atom. The number of carbonyl (C=O) groups excluding carboxylic acids is 1. The summed E-state index contributed by atoms with van der Waals surface area (Å²) in [5.41, 5.74) is 0. The van der Waals surface area contributed by atoms with E-state index in [1.54, 1.807) is 0 Å². The average molecular weight is 225 g/mol. The molecule has 77 valence electrons. The quantitative estimate of drug-likeness (QED) is 0.453. The fourth-order valence-electron chi connectivity index (χ4n) is 0.889. The topological polar surface area (TPSA) is 60.4 Å². The SMILES string of the molecule is C[N+](C)(C)CC(O)CC(=O)[O-].[Cu]. The molecular weight excluding hydrogens is 210 g/mol. The summed E-state index contributed by atoms with van der Waals surface area (Å²) in [6.07, 6.45) is -1.09. The first-order chi connectivity index (χ1) is 4.81. The van der Waals surface area contributed by atoms with E-state index in [0.717, 1.165) is 0 Å². The molecule has 1 radical (unpaired) electrons. The van der Waals surface area contributed by atoms with Gasteiger partial charge in [0.1, 0.15) is 12.6 Å². The van der Waals surface area contributed by atoms with Crippen LogP contribution < -0.4 is 5.11 Å². The molecule has 12 heavy (non-hydrogen) atoms. The monoisotopic (exact) mass is 224 g/mol. The van der Waals surface area contributed by atoms with Gasteiger partial charge in [0.25, 0.3) is 0 Å². The molecule has 0 fully saturated rings. The molecule has 0 bridgehead atoms. The van der Waals surface area contributed by atoms with Gasteiger partial charge in [0.05, 0.1) is 21.1 Å². The van der Waals surface area contributed by atoms with Gasteiger partial charge in [-0.3, -0.25) is 0 Å². The van der Waals surface area contributed by atoms with Crippen LogP contribution in [0.3, 0.4) is 0 Å². The van der Waals surface area contributed by atoms with Crippen molar-refractivity contribution >= 4 is 5.97 Å². The predicted octanol–water partition coefficient (Wildman–Crippen LogP) is -1.81. The van der Waals surface area contributed by atoms with Crippen LogP contribution in [0.5, 0.6) is 0 Å². The first kappa shape index (κ1) is 14.4. The van der Waals surface area contributed by atoms with E-state index in [-0.39, 0.29) is 23.5 Å². The second kappa shape index (κ2) is 5.54. The van der Waals surface area contributed by atoms with Crippen molar-refractivity contribution in [2.24, 2.45) is 0 Å². The van der Waals surface area contributed by atoms with Crippen LogP contribution >= 0.6 is 0 Å². The minimum Gasteiger partial charge on any atom is -0.550 e. The van der Waals surface area contributed by atoms with Gasteiger partial charge in [-0.15, -0.1) is 0 Å². The van der Waals surface area contributed by atoms with Gasteiger partial charge in [-0.25, -0.2) is 0 Å². The zero-order valence-corrected chi connectivity index (χ0v) is 8.45. The Balaban J connectivity index is 0. The average Bonchev–Trinajstić information content (AvgIpc) is 1.53. The van der Waals surface area contributed by atoms with Crippen LogP contribution in [0.4, 0.5) is 0 Å². The Morgan fingerprint density at radius 3 is 2.17 bits per heavy atom. The molecule has 0 saturated carbocycles. The fraction of sp³-hybridized carbons (Fsp3) is 0.857. The molecule has 0 saturated heterocycles. The van der Waals surface area contributed by atoms with Crippen LogP contribution in [0.1, 0.15) is 6.42 Å². The summed E-state index contributed by atoms with van der Waals surface area (Å²) < 4.78 is 0.550. The molecular formula is C7H15CuNO3. The number of rotatable bonds is 4. The third-order valence-corrected chi connectivity index (χ3v) is 1.16. The number of carboxylic acids is 1. The summed E-state index contributed by atoms with van der Waals surface area (Å²) >= 11 is 0. The predicted molar refractivity (Wildman–Crippen MR) is 38.5 cm³/mol. The number of aliphatic hydroxyl groups excluding tert-OH is 1. The summed E-state index contributed by atoms with van der Waals surface area (Å²) in [7, 11) is 5.66. The second-order valence-corrected chi connectivity index (χ2v) is 3.70. The van der Waals surface area contributed by atoms with Gasteiger partial charge in [-0.2, -0.15) is 0 Å². The normalized spacial score (nSPS) is 13.3. The number of hydrogen-bond donors (Lipinski definition) is 1. The molecule has 0 aliphatic heterocycles. The fourth-order valence-corrected chi connectivity index (χ4v) is 0.889. The smallest absolute Gasteiger partial charge is 0.108 e. The van der Waals surface area contributed by atoms with Gasteiger partial charge in [0.2, 0.25) is 0 Å². The molecule has 1 atom stereocenters. The van der Waals surface area contributed by atoms with E-state index in [2.05, 4.69) is 0 Å². The van der Waals surface area contributed by atoms with Crippen molar-refractivity contribution in [3.05, 3.63) is 0 Å². The molecule has 0 aliphatic carbocycles. The Labute approximate surface area is 83.2 Å². The van der Waals surface area contributed by atoms with E-state index in [1.165, 1.54) is 0 Å². The number of aliphatic carboxylic acids is 1. The van der Waals surface area contributed by atoms with Crippen LogP contribution in [-0.2, 0) is 21.9 Å². The zero-order valence-electron chi connectivity index (χ0n) is 7.50. The molecule has 1 N–H and O–H groups in total. The number of carbonyl (C=O) groups is 1. The first-order valence-electron chi connectivity index (χ1n) is 3.49. The Bertz CT molecular complexity index is 144. The molecule has 0 spiro atoms. The summed E-state index contributed by atoms with van der Waals surface area (Å²) in [5, 5.41) is 19.1. The summed E-state index contributed by atoms with van der Waals surface area (Å²) in [5.74, 6) is -1.20. The van der Waals surface area contributed by atoms with Crippen molar-refractivity contribution in [1.29, 1.82) is 0 Å². The number of quaternary nitrogens is 1. The molecule has 0 aromatic rings. The molecule has 0 amide bonds. The summed E-state index contributed by atoms with van der Waals surface area (Å²) in [6.45, 7) is 0.425. The number of likely N-dealkylation sites (N-methyl/N-ethyl adjacent to an activating group) is 1. The van der Waals surface area contributed by atoms with Crippen LogP contribution in [0.15, 0.2) is 0 Å². The van der Waals surface area contributed by atoms with E-state index >= 15 is 0 Å². The van der Waals surface area contributed by atoms with E-state index in [4.69, 9.17) is 5.11 Å². The molecule has 0 rings (SSSR count). The third-order valence-electron chi connectivity index (χ3n) is 1.16. The van der Waals surface area contributed by atoms with E-state index in [1.807, 2.05) is 21.1 Å². The van der Waals surface area contributed by atoms with Gasteiger partial charge >= 0.3 is 0 Å². The van der Waals surface area contributed by atoms with E-state index < -0.39 is 12.1 Å². The van der Waals surface area contributed by atoms with Crippen molar-refractivity contribution in [3.63, 3.8) is 0 Å². The molecule has 4 nitrogen and oxygen atoms in total. The maximum Gasteiger partial charge on any atom is 0.108 e. The third kappa shape index (κ3) is 9.91. The van der Waals surface area contributed by atoms with Gasteiger partial charge < -0.3 is 19.5 Å². The largest absolute Gasteiger partial charge is 0.550 e. The van der Waals surface area contributed by atoms with Crippen LogP contribution in [-0.4, -0.2) is 49.4 Å². The number of nitrogens with zero attached hydrogens (tertiary/aromatic N) is 1. The van der Waals surface area contributed by atoms with Crippen molar-refractivity contribution in [1.82, 2.24) is 0 Å². The number of aliphatic hydroxyl groups is 1. The molecule has 1 unspecified atom stereocenters. The number of hydrogen-bond acceptors (Lipinski definition) is 3. The van der Waals surface area contributed by atoms with Gasteiger partial charge in [-0.1, -0.05) is 0 Å². The standard InChI is InChI=1S/C7H15NO3.Cu/c1-8(2,3)5-6(9)4-7(10)11;/h6,9H,4-5H2,1-3H3;. The van der Waals surface area contributed by atoms with Crippen LogP contribution in [0.25, 0.3) is 0 Å². The van der Waals surface area contributed by atoms with Gasteiger partial charge in [-0.05, 0) is 0 Å². The first-order valence-corrected chi connectivity index (χ1v) is 3.49. The molecule has 5 heteroatoms. The minimum atomic E-state index is -1.20. The van der Waals surface area contributed by atoms with Crippen LogP contribution in [0, 0.1) is 0 Å². The van der Waals surface area contributed by atoms with Crippen LogP contribution in [0.2, 0.25) is 0 Å². The van der Waals surface area contributed by atoms with Gasteiger partial charge in [0.15, 0.2) is 0 Å². The number of carboxylic acid groups (broad SMARTS) is 1. The van der Waals surface area contributed by atoms with Crippen molar-refractivity contribution in [3.8, 4) is 0 Å². The molecule has 0 aliphatic rings. The Hall–Kier alpha value is -0.0905. The molecule has 0 aromatic carbocycles. The summed E-state index contributed by atoms with van der Waals surface area (Å²) in [4.78, 5) is 10.0. The maximum atomic E-state index is 10.0. The van der Waals surface area contributed by atoms with E-state index in [0.29, 0.717) is 11.0 Å². The Morgan fingerprint density at radius 1 is 1.50 bits per heavy atom. The zero-order chi connectivity index (χ0) is 9.07. The summed E-state index contributed by atoms with van der Waals surface area (Å²) in [6, 6.07) is 0. The Kier molecular flexibility index (Phi) is 6.66. The second-order valence-electron chi connectivity index (χ2n) is 3.70. The van der Waals surface area contributed by atoms with Crippen molar-refractivity contribution in [2.45, 2.75) is 12.5 Å². The minimum absolute atomic E-state index is 0. The van der Waals surface area contributed by atoms with Crippen molar-refractivity contribution in [2.75, 3.05) is 27.7 Å².